The smallest absolute Gasteiger partial charge is 0.158 e. The van der Waals surface area contributed by atoms with Gasteiger partial charge in [-0.25, -0.2) is 0 Å². The van der Waals surface area contributed by atoms with E-state index in [1.165, 1.54) is 0 Å². The van der Waals surface area contributed by atoms with Gasteiger partial charge in [-0.05, 0) is 18.6 Å². The van der Waals surface area contributed by atoms with E-state index >= 15 is 0 Å². The molecule has 0 amide bonds. The predicted octanol–water partition coefficient (Wildman–Crippen LogP) is 2.18. The first-order valence-electron chi connectivity index (χ1n) is 3.17. The van der Waals surface area contributed by atoms with Gasteiger partial charge in [0, 0.05) is 5.92 Å². The van der Waals surface area contributed by atoms with E-state index in [-0.39, 0.29) is 5.76 Å². The fourth-order valence-corrected chi connectivity index (χ4v) is 0.765. The van der Waals surface area contributed by atoms with E-state index in [4.69, 9.17) is 5.11 Å². The third kappa shape index (κ3) is 1.48. The van der Waals surface area contributed by atoms with Gasteiger partial charge in [0.2, 0.25) is 0 Å². The van der Waals surface area contributed by atoms with Crippen LogP contribution in [0.3, 0.4) is 0 Å². The minimum atomic E-state index is 0.236. The Balaban J connectivity index is 2.72. The zero-order chi connectivity index (χ0) is 6.69. The van der Waals surface area contributed by atoms with Gasteiger partial charge in [-0.2, -0.15) is 0 Å². The van der Waals surface area contributed by atoms with Crippen LogP contribution in [-0.4, -0.2) is 5.11 Å². The van der Waals surface area contributed by atoms with Gasteiger partial charge >= 0.3 is 0 Å². The predicted molar refractivity (Wildman–Crippen MR) is 37.1 cm³/mol. The monoisotopic (exact) mass is 122 g/mol. The van der Waals surface area contributed by atoms with Crippen LogP contribution in [0, 0.1) is 5.92 Å². The quantitative estimate of drug-likeness (QED) is 0.528. The van der Waals surface area contributed by atoms with Gasteiger partial charge in [0.15, 0.2) is 5.76 Å². The van der Waals surface area contributed by atoms with E-state index in [2.05, 4.69) is 12.7 Å². The average Bonchev–Trinajstić information content (AvgIpc) is 1.90. The second-order valence-electron chi connectivity index (χ2n) is 2.13. The van der Waals surface area contributed by atoms with Gasteiger partial charge in [-0.3, -0.25) is 0 Å². The van der Waals surface area contributed by atoms with Crippen LogP contribution in [0.1, 0.15) is 13.3 Å². The lowest BCUT2D eigenvalue weighted by Crippen LogP contribution is -1.91. The molecule has 0 fully saturated rings. The molecule has 1 N–H and O–H groups in total. The minimum Gasteiger partial charge on any atom is -0.501 e. The van der Waals surface area contributed by atoms with E-state index in [1.54, 1.807) is 6.08 Å². The van der Waals surface area contributed by atoms with Crippen molar-refractivity contribution in [2.45, 2.75) is 13.3 Å². The lowest BCUT2D eigenvalue weighted by Gasteiger charge is -2.03. The first-order chi connectivity index (χ1) is 4.33. The summed E-state index contributed by atoms with van der Waals surface area (Å²) in [6, 6.07) is 0. The molecule has 0 aromatic carbocycles. The summed E-state index contributed by atoms with van der Waals surface area (Å²) in [5, 5.41) is 8.81. The highest BCUT2D eigenvalue weighted by atomic mass is 16.3. The summed E-state index contributed by atoms with van der Waals surface area (Å²) in [6.45, 7) is 2.11. The second kappa shape index (κ2) is 2.56. The molecule has 1 heteroatoms. The Hall–Kier alpha value is -0.940. The third-order valence-electron chi connectivity index (χ3n) is 1.42. The largest absolute Gasteiger partial charge is 0.501 e. The molecular weight excluding hydrogens is 112 g/mol. The van der Waals surface area contributed by atoms with Crippen LogP contribution in [0.2, 0.25) is 0 Å². The third-order valence-corrected chi connectivity index (χ3v) is 1.42. The van der Waals surface area contributed by atoms with E-state index in [0.717, 1.165) is 6.42 Å². The molecule has 48 valence electrons. The van der Waals surface area contributed by atoms with Crippen molar-refractivity contribution in [3.63, 3.8) is 0 Å². The Morgan fingerprint density at radius 2 is 2.56 bits per heavy atom. The van der Waals surface area contributed by atoms with Gasteiger partial charge in [0.25, 0.3) is 0 Å². The first kappa shape index (κ1) is 6.18. The molecule has 0 aliphatic heterocycles. The maximum absolute atomic E-state index is 8.81. The summed E-state index contributed by atoms with van der Waals surface area (Å²) in [6.07, 6.45) is 6.63. The van der Waals surface area contributed by atoms with Crippen molar-refractivity contribution in [2.75, 3.05) is 0 Å². The Labute approximate surface area is 55.0 Å². The summed E-state index contributed by atoms with van der Waals surface area (Å²) < 4.78 is 0. The number of allylic oxidation sites excluding steroid dienone is 2. The Bertz CT molecular complexity index is 183. The summed E-state index contributed by atoms with van der Waals surface area (Å²) in [5.74, 6) is 0.709. The topological polar surface area (TPSA) is 20.2 Å². The minimum absolute atomic E-state index is 0.236. The maximum Gasteiger partial charge on any atom is 0.158 e. The van der Waals surface area contributed by atoms with Crippen LogP contribution < -0.4 is 0 Å². The van der Waals surface area contributed by atoms with Gasteiger partial charge in [-0.15, -0.1) is 0 Å². The SMILES string of the molecule is CCC1C=C=C(O)C=C1. The fourth-order valence-electron chi connectivity index (χ4n) is 0.765. The number of hydrogen-bond acceptors (Lipinski definition) is 1. The molecular formula is C8H10O. The van der Waals surface area contributed by atoms with Crippen LogP contribution in [0.4, 0.5) is 0 Å². The second-order valence-corrected chi connectivity index (χ2v) is 2.13. The van der Waals surface area contributed by atoms with E-state index < -0.39 is 0 Å². The van der Waals surface area contributed by atoms with Gasteiger partial charge in [-0.1, -0.05) is 18.7 Å². The van der Waals surface area contributed by atoms with Crippen LogP contribution in [0.15, 0.2) is 29.7 Å². The molecule has 1 nitrogen and oxygen atoms in total. The van der Waals surface area contributed by atoms with Crippen LogP contribution in [0.5, 0.6) is 0 Å². The van der Waals surface area contributed by atoms with Crippen molar-refractivity contribution in [1.29, 1.82) is 0 Å². The molecule has 1 unspecified atom stereocenters. The number of hydrogen-bond donors (Lipinski definition) is 1. The number of rotatable bonds is 1. The van der Waals surface area contributed by atoms with Crippen molar-refractivity contribution in [2.24, 2.45) is 5.92 Å². The lowest BCUT2D eigenvalue weighted by atomic mass is 10.0. The number of aliphatic hydroxyl groups excluding tert-OH is 1. The van der Waals surface area contributed by atoms with Crippen molar-refractivity contribution in [3.8, 4) is 0 Å². The van der Waals surface area contributed by atoms with Gasteiger partial charge in [0.1, 0.15) is 0 Å². The highest BCUT2D eigenvalue weighted by Crippen LogP contribution is 2.10. The van der Waals surface area contributed by atoms with Crippen molar-refractivity contribution in [1.82, 2.24) is 0 Å². The molecule has 0 bridgehead atoms. The molecule has 0 saturated heterocycles. The summed E-state index contributed by atoms with van der Waals surface area (Å²) in [7, 11) is 0. The zero-order valence-electron chi connectivity index (χ0n) is 5.46. The normalized spacial score (nSPS) is 24.1. The maximum atomic E-state index is 8.81. The van der Waals surface area contributed by atoms with Crippen molar-refractivity contribution < 1.29 is 5.11 Å². The molecule has 0 aromatic rings. The molecule has 0 saturated carbocycles. The molecule has 0 heterocycles. The molecule has 0 spiro atoms. The Morgan fingerprint density at radius 3 is 3.00 bits per heavy atom. The van der Waals surface area contributed by atoms with Gasteiger partial charge < -0.3 is 5.11 Å². The molecule has 1 aliphatic rings. The zero-order valence-corrected chi connectivity index (χ0v) is 5.46. The molecule has 1 aliphatic carbocycles. The van der Waals surface area contributed by atoms with Crippen LogP contribution in [0.25, 0.3) is 0 Å². The summed E-state index contributed by atoms with van der Waals surface area (Å²) >= 11 is 0. The first-order valence-corrected chi connectivity index (χ1v) is 3.17. The molecule has 0 radical (unpaired) electrons. The van der Waals surface area contributed by atoms with E-state index in [0.29, 0.717) is 5.92 Å². The van der Waals surface area contributed by atoms with Crippen LogP contribution >= 0.6 is 0 Å². The Kier molecular flexibility index (Phi) is 1.76. The standard InChI is InChI=1S/C8H10O/c1-2-7-3-5-8(9)6-4-7/h3-5,7,9H,2H2,1H3. The van der Waals surface area contributed by atoms with Crippen molar-refractivity contribution >= 4 is 0 Å². The summed E-state index contributed by atoms with van der Waals surface area (Å²) in [5.41, 5.74) is 2.74. The highest BCUT2D eigenvalue weighted by molar-refractivity contribution is 5.18. The molecule has 0 aromatic heterocycles. The molecule has 9 heavy (non-hydrogen) atoms. The van der Waals surface area contributed by atoms with Crippen molar-refractivity contribution in [3.05, 3.63) is 29.7 Å². The average molecular weight is 122 g/mol. The highest BCUT2D eigenvalue weighted by Gasteiger charge is 1.98. The number of aliphatic hydroxyl groups is 1. The van der Waals surface area contributed by atoms with Gasteiger partial charge in [0.05, 0.1) is 0 Å². The molecule has 1 atom stereocenters. The van der Waals surface area contributed by atoms with E-state index in [9.17, 15) is 0 Å². The molecule has 1 rings (SSSR count). The van der Waals surface area contributed by atoms with E-state index in [1.807, 2.05) is 12.2 Å². The Morgan fingerprint density at radius 1 is 1.78 bits per heavy atom. The fraction of sp³-hybridized carbons (Fsp3) is 0.375. The van der Waals surface area contributed by atoms with Crippen LogP contribution in [-0.2, 0) is 0 Å². The summed E-state index contributed by atoms with van der Waals surface area (Å²) in [4.78, 5) is 0. The lowest BCUT2D eigenvalue weighted by molar-refractivity contribution is 0.431.